The van der Waals surface area contributed by atoms with Gasteiger partial charge in [-0.05, 0) is 127 Å². The first-order chi connectivity index (χ1) is 32.0. The number of fused-ring (bicyclic) bond motifs is 7. The first-order valence-electron chi connectivity index (χ1n) is 23.9. The molecule has 4 fully saturated rings. The number of H-pyrrole nitrogens is 1. The summed E-state index contributed by atoms with van der Waals surface area (Å²) in [6.45, 7) is 7.61. The minimum absolute atomic E-state index is 0.0239. The van der Waals surface area contributed by atoms with Gasteiger partial charge in [-0.15, -0.1) is 0 Å². The van der Waals surface area contributed by atoms with Crippen molar-refractivity contribution in [2.45, 2.75) is 128 Å². The summed E-state index contributed by atoms with van der Waals surface area (Å²) >= 11 is 0. The monoisotopic (exact) mass is 899 g/mol. The van der Waals surface area contributed by atoms with E-state index in [1.165, 1.54) is 14.2 Å². The standard InChI is InChI=1S/C51H61N7O8/c1-6-27(2)45(55-50(61)63-4)48(59)58-41-9-7-8-32(41)22-43(58)39-23-36-35-24-44-37(21-30(35)12-14-38(36)53-39)34-13-11-31(20-33(34)26-66-44)40-25-52-47(54-40)42-15-10-28(3)57(42)49(60)46(56-51(62)64-5)29-16-18-65-19-17-29/h11-14,20-21,24-25,27-29,32,41-43,45-46H,6-10,15-19,22-23,26H2,1-5H3,(H,52,54)(H,55,61)(H,56,62)/t27-,28-,32?,41-,42-,43-,45-,46-/m0/s1. The fraction of sp³-hybridized carbons (Fsp3) is 0.529. The number of benzene rings is 3. The van der Waals surface area contributed by atoms with Crippen molar-refractivity contribution < 1.29 is 38.1 Å². The highest BCUT2D eigenvalue weighted by Gasteiger charge is 2.50. The van der Waals surface area contributed by atoms with Crippen LogP contribution in [-0.2, 0) is 36.8 Å². The minimum Gasteiger partial charge on any atom is -0.488 e. The molecule has 4 aromatic rings. The molecule has 15 nitrogen and oxygen atoms in total. The topological polar surface area (TPSA) is 177 Å². The molecule has 5 aliphatic heterocycles. The van der Waals surface area contributed by atoms with Crippen LogP contribution in [0, 0.1) is 17.8 Å². The number of alkyl carbamates (subject to hydrolysis) is 2. The van der Waals surface area contributed by atoms with Gasteiger partial charge in [0.2, 0.25) is 11.8 Å². The number of likely N-dealkylation sites (tertiary alicyclic amines) is 2. The maximum absolute atomic E-state index is 14.5. The van der Waals surface area contributed by atoms with Crippen LogP contribution >= 0.6 is 0 Å². The number of methoxy groups -OCH3 is 2. The molecule has 1 saturated carbocycles. The molecule has 348 valence electrons. The average Bonchev–Trinajstić information content (AvgIpc) is 4.20. The van der Waals surface area contributed by atoms with Gasteiger partial charge < -0.3 is 44.4 Å². The molecule has 3 N–H and O–H groups in total. The van der Waals surface area contributed by atoms with Gasteiger partial charge in [-0.2, -0.15) is 0 Å². The van der Waals surface area contributed by atoms with Crippen LogP contribution in [0.2, 0.25) is 0 Å². The first kappa shape index (κ1) is 43.9. The van der Waals surface area contributed by atoms with Crippen LogP contribution in [-0.4, -0.2) is 107 Å². The number of carbonyl (C=O) groups excluding carboxylic acids is 4. The fourth-order valence-electron chi connectivity index (χ4n) is 11.9. The quantitative estimate of drug-likeness (QED) is 0.142. The molecule has 1 aliphatic carbocycles. The summed E-state index contributed by atoms with van der Waals surface area (Å²) in [6, 6.07) is 13.4. The number of aliphatic imine (C=N–C) groups is 1. The van der Waals surface area contributed by atoms with Crippen LogP contribution in [0.15, 0.2) is 53.7 Å². The molecule has 4 amide bonds. The van der Waals surface area contributed by atoms with E-state index in [4.69, 9.17) is 28.9 Å². The molecule has 66 heavy (non-hydrogen) atoms. The van der Waals surface area contributed by atoms with Gasteiger partial charge in [0.05, 0.1) is 43.9 Å². The summed E-state index contributed by atoms with van der Waals surface area (Å²) in [6.07, 6.45) is 9.02. The van der Waals surface area contributed by atoms with E-state index < -0.39 is 24.3 Å². The molecular formula is C51H61N7O8. The second-order valence-corrected chi connectivity index (χ2v) is 19.3. The van der Waals surface area contributed by atoms with Crippen LogP contribution in [0.1, 0.15) is 102 Å². The zero-order valence-electron chi connectivity index (χ0n) is 38.6. The first-order valence-corrected chi connectivity index (χ1v) is 23.9. The number of nitrogens with one attached hydrogen (secondary N) is 3. The smallest absolute Gasteiger partial charge is 0.407 e. The zero-order chi connectivity index (χ0) is 45.8. The molecule has 1 aromatic heterocycles. The molecule has 15 heteroatoms. The van der Waals surface area contributed by atoms with Crippen molar-refractivity contribution in [3.63, 3.8) is 0 Å². The summed E-state index contributed by atoms with van der Waals surface area (Å²) in [7, 11) is 2.65. The summed E-state index contributed by atoms with van der Waals surface area (Å²) in [5.74, 6) is 1.71. The summed E-state index contributed by atoms with van der Waals surface area (Å²) in [5.41, 5.74) is 8.13. The number of carbonyl (C=O) groups is 4. The number of hydrogen-bond donors (Lipinski definition) is 3. The molecule has 0 radical (unpaired) electrons. The van der Waals surface area contributed by atoms with Crippen LogP contribution in [0.4, 0.5) is 15.3 Å². The number of amides is 4. The van der Waals surface area contributed by atoms with E-state index in [2.05, 4.69) is 69.9 Å². The fourth-order valence-corrected chi connectivity index (χ4v) is 11.9. The van der Waals surface area contributed by atoms with Crippen molar-refractivity contribution in [2.24, 2.45) is 22.7 Å². The third-order valence-corrected chi connectivity index (χ3v) is 15.6. The van der Waals surface area contributed by atoms with Gasteiger partial charge >= 0.3 is 12.2 Å². The van der Waals surface area contributed by atoms with Crippen LogP contribution < -0.4 is 15.4 Å². The Kier molecular flexibility index (Phi) is 12.0. The Bertz CT molecular complexity index is 2580. The number of rotatable bonds is 10. The van der Waals surface area contributed by atoms with E-state index in [0.717, 1.165) is 112 Å². The van der Waals surface area contributed by atoms with E-state index in [1.807, 2.05) is 24.9 Å². The van der Waals surface area contributed by atoms with Crippen LogP contribution in [0.25, 0.3) is 33.2 Å². The number of aromatic amines is 1. The molecule has 6 heterocycles. The maximum atomic E-state index is 14.5. The van der Waals surface area contributed by atoms with Gasteiger partial charge in [-0.3, -0.25) is 14.6 Å². The number of ether oxygens (including phenoxy) is 4. The van der Waals surface area contributed by atoms with Gasteiger partial charge in [0.25, 0.3) is 0 Å². The van der Waals surface area contributed by atoms with Gasteiger partial charge in [-0.1, -0.05) is 44.9 Å². The summed E-state index contributed by atoms with van der Waals surface area (Å²) in [5, 5.41) is 7.92. The van der Waals surface area contributed by atoms with E-state index >= 15 is 0 Å². The lowest BCUT2D eigenvalue weighted by Crippen LogP contribution is -2.56. The molecule has 3 saturated heterocycles. The average molecular weight is 900 g/mol. The van der Waals surface area contributed by atoms with Crippen LogP contribution in [0.3, 0.4) is 0 Å². The Labute approximate surface area is 385 Å². The van der Waals surface area contributed by atoms with Crippen LogP contribution in [0.5, 0.6) is 5.75 Å². The van der Waals surface area contributed by atoms with Crippen molar-refractivity contribution in [2.75, 3.05) is 27.4 Å². The van der Waals surface area contributed by atoms with Crippen molar-refractivity contribution in [1.29, 1.82) is 0 Å². The number of aromatic nitrogens is 2. The lowest BCUT2D eigenvalue weighted by atomic mass is 9.90. The lowest BCUT2D eigenvalue weighted by molar-refractivity contribution is -0.139. The van der Waals surface area contributed by atoms with Crippen molar-refractivity contribution in [3.05, 3.63) is 65.6 Å². The largest absolute Gasteiger partial charge is 0.488 e. The van der Waals surface area contributed by atoms with Crippen molar-refractivity contribution >= 4 is 46.2 Å². The molecule has 10 rings (SSSR count). The molecular weight excluding hydrogens is 839 g/mol. The predicted octanol–water partition coefficient (Wildman–Crippen LogP) is 8.16. The maximum Gasteiger partial charge on any atom is 0.407 e. The highest BCUT2D eigenvalue weighted by molar-refractivity contribution is 6.07. The second kappa shape index (κ2) is 18.0. The Morgan fingerprint density at radius 2 is 1.70 bits per heavy atom. The van der Waals surface area contributed by atoms with E-state index in [9.17, 15) is 19.2 Å². The van der Waals surface area contributed by atoms with Crippen molar-refractivity contribution in [3.8, 4) is 28.1 Å². The number of imidazole rings is 1. The van der Waals surface area contributed by atoms with Gasteiger partial charge in [0.15, 0.2) is 0 Å². The Morgan fingerprint density at radius 1 is 0.894 bits per heavy atom. The van der Waals surface area contributed by atoms with Crippen molar-refractivity contribution in [1.82, 2.24) is 30.4 Å². The third-order valence-electron chi connectivity index (χ3n) is 15.6. The summed E-state index contributed by atoms with van der Waals surface area (Å²) in [4.78, 5) is 71.3. The van der Waals surface area contributed by atoms with Gasteiger partial charge in [0, 0.05) is 43.0 Å². The Hall–Kier alpha value is -5.96. The summed E-state index contributed by atoms with van der Waals surface area (Å²) < 4.78 is 22.0. The second-order valence-electron chi connectivity index (χ2n) is 19.3. The molecule has 3 aromatic carbocycles. The highest BCUT2D eigenvalue weighted by atomic mass is 16.5. The molecule has 0 spiro atoms. The minimum atomic E-state index is -0.710. The molecule has 0 bridgehead atoms. The van der Waals surface area contributed by atoms with E-state index in [0.29, 0.717) is 45.0 Å². The van der Waals surface area contributed by atoms with E-state index in [-0.39, 0.29) is 47.8 Å². The number of hydrogen-bond acceptors (Lipinski definition) is 10. The molecule has 6 aliphatic rings. The highest BCUT2D eigenvalue weighted by Crippen LogP contribution is 2.48. The van der Waals surface area contributed by atoms with Gasteiger partial charge in [-0.25, -0.2) is 14.6 Å². The molecule has 1 unspecified atom stereocenters. The normalized spacial score (nSPS) is 24.6. The zero-order valence-corrected chi connectivity index (χ0v) is 38.6. The number of nitrogens with zero attached hydrogens (tertiary/aromatic N) is 4. The predicted molar refractivity (Wildman–Crippen MR) is 248 cm³/mol. The Morgan fingerprint density at radius 3 is 2.48 bits per heavy atom. The molecule has 8 atom stereocenters. The SMILES string of the molecule is CC[C@H](C)[C@H](NC(=O)OC)C(=O)N1[C@H](C2=Nc3ccc4cc5c(cc4c3C2)OCc2cc(-c3cnc([C@@H]4CC[C@H](C)N4C(=O)[C@@H](NC(=O)OC)C4CCOCC4)[nH]3)ccc2-5)CC2CCC[C@@H]21. The Balaban J connectivity index is 0.878. The van der Waals surface area contributed by atoms with E-state index in [1.54, 1.807) is 0 Å². The third kappa shape index (κ3) is 7.86. The lowest BCUT2D eigenvalue weighted by Gasteiger charge is -2.36. The van der Waals surface area contributed by atoms with Gasteiger partial charge in [0.1, 0.15) is 30.3 Å².